The number of carboxylic acid groups (broad SMARTS) is 2. The number of nitrogens with zero attached hydrogens (tertiary/aromatic N) is 2. The van der Waals surface area contributed by atoms with Crippen LogP contribution in [0.15, 0.2) is 59.7 Å². The lowest BCUT2D eigenvalue weighted by Gasteiger charge is -2.16. The van der Waals surface area contributed by atoms with Gasteiger partial charge >= 0.3 is 11.9 Å². The van der Waals surface area contributed by atoms with Crippen LogP contribution >= 0.6 is 0 Å². The molecule has 2 N–H and O–H groups in total. The number of hydrogen-bond donors (Lipinski definition) is 2. The zero-order valence-electron chi connectivity index (χ0n) is 13.6. The quantitative estimate of drug-likeness (QED) is 0.828. The van der Waals surface area contributed by atoms with Crippen molar-refractivity contribution in [1.82, 2.24) is 4.57 Å². The summed E-state index contributed by atoms with van der Waals surface area (Å²) < 4.78 is 7.41. The molecule has 7 nitrogen and oxygen atoms in total. The van der Waals surface area contributed by atoms with Gasteiger partial charge in [-0.15, -0.1) is 0 Å². The number of fused-ring (bicyclic) bond motifs is 1. The number of benzene rings is 1. The van der Waals surface area contributed by atoms with Crippen LogP contribution in [0.1, 0.15) is 11.3 Å². The first-order valence-electron chi connectivity index (χ1n) is 7.49. The van der Waals surface area contributed by atoms with Crippen LogP contribution in [0.5, 0.6) is 5.75 Å². The van der Waals surface area contributed by atoms with Crippen molar-refractivity contribution in [2.75, 3.05) is 13.7 Å². The summed E-state index contributed by atoms with van der Waals surface area (Å²) in [6.45, 7) is 1.82. The van der Waals surface area contributed by atoms with E-state index in [4.69, 9.17) is 14.9 Å². The third kappa shape index (κ3) is 5.07. The van der Waals surface area contributed by atoms with E-state index in [0.29, 0.717) is 12.2 Å². The Bertz CT molecular complexity index is 787. The third-order valence-corrected chi connectivity index (χ3v) is 3.41. The maximum absolute atomic E-state index is 9.55. The van der Waals surface area contributed by atoms with Crippen molar-refractivity contribution in [3.63, 3.8) is 0 Å². The summed E-state index contributed by atoms with van der Waals surface area (Å²) in [5.41, 5.74) is 3.41. The molecular formula is C18H18N2O5. The average molecular weight is 342 g/mol. The van der Waals surface area contributed by atoms with Crippen LogP contribution in [0.3, 0.4) is 0 Å². The number of methoxy groups -OCH3 is 1. The van der Waals surface area contributed by atoms with Gasteiger partial charge in [0.2, 0.25) is 0 Å². The molecule has 0 radical (unpaired) electrons. The van der Waals surface area contributed by atoms with Crippen molar-refractivity contribution in [2.45, 2.75) is 6.54 Å². The first-order valence-corrected chi connectivity index (χ1v) is 7.49. The Balaban J connectivity index is 0.000000242. The fourth-order valence-electron chi connectivity index (χ4n) is 2.31. The van der Waals surface area contributed by atoms with Gasteiger partial charge in [0, 0.05) is 30.5 Å². The second-order valence-electron chi connectivity index (χ2n) is 5.06. The van der Waals surface area contributed by atoms with E-state index >= 15 is 0 Å². The molecule has 0 unspecified atom stereocenters. The number of hydrogen-bond acceptors (Lipinski definition) is 4. The molecule has 7 heteroatoms. The standard InChI is InChI=1S/C14H14N2O.C4H4O4/c1-17-12-6-4-11(5-7-12)14-13-3-2-9-16(13)10-8-15-14;5-3(6)1-2-4(7)8/h2-7,9H,8,10H2,1H3;1-2H,(H,5,6)(H,7,8)/b;2-1-. The van der Waals surface area contributed by atoms with Gasteiger partial charge in [-0.25, -0.2) is 9.59 Å². The predicted octanol–water partition coefficient (Wildman–Crippen LogP) is 2.06. The van der Waals surface area contributed by atoms with Gasteiger partial charge in [-0.2, -0.15) is 0 Å². The number of carboxylic acids is 2. The molecule has 1 aliphatic heterocycles. The minimum Gasteiger partial charge on any atom is -0.497 e. The fourth-order valence-corrected chi connectivity index (χ4v) is 2.31. The van der Waals surface area contributed by atoms with Gasteiger partial charge in [0.1, 0.15) is 5.75 Å². The van der Waals surface area contributed by atoms with Crippen LogP contribution in [0.2, 0.25) is 0 Å². The molecule has 3 rings (SSSR count). The Labute approximate surface area is 144 Å². The zero-order valence-corrected chi connectivity index (χ0v) is 13.6. The zero-order chi connectivity index (χ0) is 18.2. The van der Waals surface area contributed by atoms with Gasteiger partial charge in [0.25, 0.3) is 0 Å². The first kappa shape index (κ1) is 18.0. The highest BCUT2D eigenvalue weighted by Gasteiger charge is 2.14. The molecular weight excluding hydrogens is 324 g/mol. The van der Waals surface area contributed by atoms with E-state index in [0.717, 1.165) is 30.1 Å². The van der Waals surface area contributed by atoms with E-state index in [1.54, 1.807) is 7.11 Å². The highest BCUT2D eigenvalue weighted by Crippen LogP contribution is 2.18. The number of ether oxygens (including phenoxy) is 1. The smallest absolute Gasteiger partial charge is 0.328 e. The minimum atomic E-state index is -1.26. The van der Waals surface area contributed by atoms with Crippen molar-refractivity contribution in [2.24, 2.45) is 4.99 Å². The molecule has 0 bridgehead atoms. The lowest BCUT2D eigenvalue weighted by atomic mass is 10.1. The highest BCUT2D eigenvalue weighted by molar-refractivity contribution is 6.12. The largest absolute Gasteiger partial charge is 0.497 e. The van der Waals surface area contributed by atoms with Crippen molar-refractivity contribution in [3.05, 3.63) is 66.0 Å². The second kappa shape index (κ2) is 8.49. The molecule has 0 aliphatic carbocycles. The molecule has 0 saturated heterocycles. The minimum absolute atomic E-state index is 0.558. The molecule has 0 fully saturated rings. The predicted molar refractivity (Wildman–Crippen MR) is 92.3 cm³/mol. The van der Waals surface area contributed by atoms with Crippen molar-refractivity contribution < 1.29 is 24.5 Å². The van der Waals surface area contributed by atoms with Gasteiger partial charge in [0.15, 0.2) is 0 Å². The van der Waals surface area contributed by atoms with E-state index in [1.165, 1.54) is 5.69 Å². The van der Waals surface area contributed by atoms with Crippen molar-refractivity contribution >= 4 is 17.7 Å². The van der Waals surface area contributed by atoms with Crippen LogP contribution in [0.25, 0.3) is 0 Å². The molecule has 25 heavy (non-hydrogen) atoms. The van der Waals surface area contributed by atoms with Crippen LogP contribution in [0, 0.1) is 0 Å². The molecule has 1 aromatic carbocycles. The Morgan fingerprint density at radius 3 is 2.32 bits per heavy atom. The number of rotatable bonds is 4. The summed E-state index contributed by atoms with van der Waals surface area (Å²) >= 11 is 0. The normalized spacial score (nSPS) is 12.6. The number of aromatic nitrogens is 1. The molecule has 0 atom stereocenters. The van der Waals surface area contributed by atoms with Crippen LogP contribution in [-0.2, 0) is 16.1 Å². The monoisotopic (exact) mass is 342 g/mol. The molecule has 0 amide bonds. The SMILES string of the molecule is COc1ccc(C2=NCCn3cccc32)cc1.O=C(O)/C=C\C(=O)O. The van der Waals surface area contributed by atoms with Gasteiger partial charge in [-0.1, -0.05) is 0 Å². The van der Waals surface area contributed by atoms with Gasteiger partial charge in [0.05, 0.1) is 25.1 Å². The summed E-state index contributed by atoms with van der Waals surface area (Å²) in [4.78, 5) is 23.7. The number of aliphatic carboxylic acids is 2. The summed E-state index contributed by atoms with van der Waals surface area (Å²) in [5.74, 6) is -1.64. The first-order chi connectivity index (χ1) is 12.0. The Morgan fingerprint density at radius 2 is 1.76 bits per heavy atom. The molecule has 2 heterocycles. The van der Waals surface area contributed by atoms with Gasteiger partial charge < -0.3 is 19.5 Å². The lowest BCUT2D eigenvalue weighted by molar-refractivity contribution is -0.134. The lowest BCUT2D eigenvalue weighted by Crippen LogP contribution is -2.18. The van der Waals surface area contributed by atoms with Gasteiger partial charge in [-0.05, 0) is 36.4 Å². The molecule has 130 valence electrons. The summed E-state index contributed by atoms with van der Waals surface area (Å²) in [6.07, 6.45) is 3.22. The van der Waals surface area contributed by atoms with Crippen LogP contribution < -0.4 is 4.74 Å². The van der Waals surface area contributed by atoms with Crippen molar-refractivity contribution in [1.29, 1.82) is 0 Å². The van der Waals surface area contributed by atoms with Crippen LogP contribution in [-0.4, -0.2) is 46.1 Å². The van der Waals surface area contributed by atoms with E-state index in [9.17, 15) is 9.59 Å². The average Bonchev–Trinajstić information content (AvgIpc) is 3.09. The van der Waals surface area contributed by atoms with E-state index < -0.39 is 11.9 Å². The molecule has 0 saturated carbocycles. The van der Waals surface area contributed by atoms with Crippen LogP contribution in [0.4, 0.5) is 0 Å². The van der Waals surface area contributed by atoms with E-state index in [-0.39, 0.29) is 0 Å². The molecule has 1 aromatic heterocycles. The molecule has 0 spiro atoms. The van der Waals surface area contributed by atoms with Gasteiger partial charge in [-0.3, -0.25) is 4.99 Å². The topological polar surface area (TPSA) is 101 Å². The van der Waals surface area contributed by atoms with Crippen molar-refractivity contribution in [3.8, 4) is 5.75 Å². The highest BCUT2D eigenvalue weighted by atomic mass is 16.5. The molecule has 2 aromatic rings. The van der Waals surface area contributed by atoms with E-state index in [2.05, 4.69) is 40.0 Å². The second-order valence-corrected chi connectivity index (χ2v) is 5.06. The maximum Gasteiger partial charge on any atom is 0.328 e. The fraction of sp³-hybridized carbons (Fsp3) is 0.167. The third-order valence-electron chi connectivity index (χ3n) is 3.41. The Kier molecular flexibility index (Phi) is 6.11. The number of carbonyl (C=O) groups is 2. The summed E-state index contributed by atoms with van der Waals surface area (Å²) in [5, 5.41) is 15.6. The molecule has 1 aliphatic rings. The summed E-state index contributed by atoms with van der Waals surface area (Å²) in [6, 6.07) is 12.2. The maximum atomic E-state index is 9.55. The van der Waals surface area contributed by atoms with E-state index in [1.807, 2.05) is 12.1 Å². The Hall–Kier alpha value is -3.35. The Morgan fingerprint density at radius 1 is 1.12 bits per heavy atom. The number of aliphatic imine (C=N–C) groups is 1. The summed E-state index contributed by atoms with van der Waals surface area (Å²) in [7, 11) is 1.68.